The minimum Gasteiger partial charge on any atom is -0.376 e. The molecule has 4 N–H and O–H groups in total. The Morgan fingerprint density at radius 2 is 1.82 bits per heavy atom. The van der Waals surface area contributed by atoms with E-state index in [2.05, 4.69) is 21.3 Å². The first kappa shape index (κ1) is 28.4. The number of alkyl halides is 3. The number of ketones is 1. The van der Waals surface area contributed by atoms with Crippen molar-refractivity contribution in [1.29, 1.82) is 0 Å². The van der Waals surface area contributed by atoms with Crippen LogP contribution in [-0.4, -0.2) is 73.1 Å². The molecule has 0 unspecified atom stereocenters. The Bertz CT molecular complexity index is 1130. The highest BCUT2D eigenvalue weighted by Crippen LogP contribution is 2.42. The normalized spacial score (nSPS) is 25.0. The van der Waals surface area contributed by atoms with Gasteiger partial charge < -0.3 is 26.2 Å². The third-order valence-corrected chi connectivity index (χ3v) is 7.90. The van der Waals surface area contributed by atoms with Gasteiger partial charge in [-0.3, -0.25) is 24.0 Å². The predicted octanol–water partition coefficient (Wildman–Crippen LogP) is 1.07. The number of benzene rings is 1. The van der Waals surface area contributed by atoms with Gasteiger partial charge >= 0.3 is 6.18 Å². The summed E-state index contributed by atoms with van der Waals surface area (Å²) < 4.78 is 38.5. The van der Waals surface area contributed by atoms with Gasteiger partial charge in [-0.25, -0.2) is 0 Å². The highest BCUT2D eigenvalue weighted by Gasteiger charge is 2.50. The van der Waals surface area contributed by atoms with E-state index in [4.69, 9.17) is 0 Å². The second-order valence-corrected chi connectivity index (χ2v) is 10.3. The summed E-state index contributed by atoms with van der Waals surface area (Å²) in [6.45, 7) is 0.547. The van der Waals surface area contributed by atoms with E-state index < -0.39 is 53.2 Å². The molecule has 2 aliphatic heterocycles. The first-order chi connectivity index (χ1) is 18.5. The van der Waals surface area contributed by atoms with Crippen molar-refractivity contribution in [3.8, 4) is 0 Å². The lowest BCUT2D eigenvalue weighted by atomic mass is 9.91. The number of likely N-dealkylation sites (tertiary alicyclic amines) is 1. The number of fused-ring (bicyclic) bond motifs is 1. The van der Waals surface area contributed by atoms with Crippen molar-refractivity contribution in [2.75, 3.05) is 32.0 Å². The monoisotopic (exact) mass is 551 g/mol. The molecule has 0 spiro atoms. The number of hydrogen-bond donors (Lipinski definition) is 4. The summed E-state index contributed by atoms with van der Waals surface area (Å²) in [5, 5.41) is 10.4. The van der Waals surface area contributed by atoms with Crippen LogP contribution in [-0.2, 0) is 30.1 Å². The number of halogens is 3. The first-order valence-corrected chi connectivity index (χ1v) is 13.0. The Kier molecular flexibility index (Phi) is 8.45. The van der Waals surface area contributed by atoms with E-state index in [0.29, 0.717) is 25.2 Å². The molecule has 2 heterocycles. The van der Waals surface area contributed by atoms with Crippen LogP contribution < -0.4 is 21.3 Å². The quantitative estimate of drug-likeness (QED) is 0.339. The molecule has 1 saturated carbocycles. The number of nitrogens with zero attached hydrogens (tertiary/aromatic N) is 1. The van der Waals surface area contributed by atoms with Crippen molar-refractivity contribution in [2.24, 2.45) is 17.8 Å². The van der Waals surface area contributed by atoms with Crippen LogP contribution in [0.1, 0.15) is 37.7 Å². The molecule has 10 nitrogen and oxygen atoms in total. The van der Waals surface area contributed by atoms with Crippen molar-refractivity contribution in [3.63, 3.8) is 0 Å². The molecule has 3 aliphatic rings. The van der Waals surface area contributed by atoms with E-state index in [1.807, 2.05) is 0 Å². The van der Waals surface area contributed by atoms with Crippen molar-refractivity contribution < 1.29 is 37.1 Å². The lowest BCUT2D eigenvalue weighted by molar-refractivity contribution is -0.142. The van der Waals surface area contributed by atoms with Crippen LogP contribution in [0, 0.1) is 17.8 Å². The zero-order chi connectivity index (χ0) is 28.3. The summed E-state index contributed by atoms with van der Waals surface area (Å²) in [5.41, 5.74) is -0.484. The number of likely N-dealkylation sites (N-methyl/N-ethyl adjacent to an activating group) is 1. The van der Waals surface area contributed by atoms with Gasteiger partial charge in [0.25, 0.3) is 5.91 Å². The van der Waals surface area contributed by atoms with Crippen LogP contribution >= 0.6 is 0 Å². The molecule has 212 valence electrons. The zero-order valence-corrected chi connectivity index (χ0v) is 21.5. The Morgan fingerprint density at radius 3 is 2.44 bits per heavy atom. The molecule has 4 rings (SSSR count). The summed E-state index contributed by atoms with van der Waals surface area (Å²) in [5.74, 6) is -3.53. The number of carbonyl (C=O) groups excluding carboxylic acids is 5. The summed E-state index contributed by atoms with van der Waals surface area (Å²) in [6, 6.07) is 2.20. The van der Waals surface area contributed by atoms with Gasteiger partial charge in [0.15, 0.2) is 0 Å². The van der Waals surface area contributed by atoms with Gasteiger partial charge in [0.05, 0.1) is 18.2 Å². The van der Waals surface area contributed by atoms with Gasteiger partial charge in [0, 0.05) is 31.7 Å². The number of hydrogen-bond acceptors (Lipinski definition) is 6. The van der Waals surface area contributed by atoms with E-state index in [1.165, 1.54) is 24.1 Å². The maximum atomic E-state index is 13.6. The van der Waals surface area contributed by atoms with Crippen molar-refractivity contribution >= 4 is 35.1 Å². The van der Waals surface area contributed by atoms with Crippen molar-refractivity contribution in [3.05, 3.63) is 29.8 Å². The Labute approximate surface area is 223 Å². The molecule has 0 radical (unpaired) electrons. The number of Topliss-reactive ketones (excluding diaryl/α,β-unsaturated/α-hetero) is 1. The van der Waals surface area contributed by atoms with Crippen molar-refractivity contribution in [1.82, 2.24) is 20.9 Å². The van der Waals surface area contributed by atoms with Gasteiger partial charge in [-0.05, 0) is 61.8 Å². The van der Waals surface area contributed by atoms with Crippen molar-refractivity contribution in [2.45, 2.75) is 50.4 Å². The number of anilines is 1. The van der Waals surface area contributed by atoms with Gasteiger partial charge in [0.1, 0.15) is 6.04 Å². The molecule has 1 aromatic rings. The van der Waals surface area contributed by atoms with Crippen LogP contribution in [0.25, 0.3) is 0 Å². The van der Waals surface area contributed by atoms with Crippen LogP contribution in [0.2, 0.25) is 0 Å². The van der Waals surface area contributed by atoms with E-state index in [9.17, 15) is 37.1 Å². The van der Waals surface area contributed by atoms with Crippen LogP contribution in [0.15, 0.2) is 24.3 Å². The highest BCUT2D eigenvalue weighted by molar-refractivity contribution is 6.38. The molecule has 13 heteroatoms. The number of amides is 4. The molecular formula is C26H32F3N5O5. The number of carbonyl (C=O) groups is 5. The lowest BCUT2D eigenvalue weighted by Crippen LogP contribution is -2.55. The first-order valence-electron chi connectivity index (χ1n) is 13.0. The minimum absolute atomic E-state index is 0.0337. The van der Waals surface area contributed by atoms with Crippen LogP contribution in [0.4, 0.5) is 18.9 Å². The summed E-state index contributed by atoms with van der Waals surface area (Å²) in [4.78, 5) is 65.2. The third kappa shape index (κ3) is 6.34. The highest BCUT2D eigenvalue weighted by atomic mass is 19.4. The van der Waals surface area contributed by atoms with E-state index in [0.717, 1.165) is 31.4 Å². The van der Waals surface area contributed by atoms with Gasteiger partial charge in [-0.1, -0.05) is 6.42 Å². The molecule has 3 fully saturated rings. The Hall–Kier alpha value is -3.64. The largest absolute Gasteiger partial charge is 0.416 e. The average Bonchev–Trinajstić information content (AvgIpc) is 3.62. The molecule has 2 saturated heterocycles. The SMILES string of the molecule is CNC(=O)C(=O)[C@H](C[C@@H]1CCNC1=O)NC(=O)[C@@H]1[C@H]2CCC[C@H]2CN1C(=O)CNc1ccc(C(F)(F)F)cc1. The predicted molar refractivity (Wildman–Crippen MR) is 133 cm³/mol. The fraction of sp³-hybridized carbons (Fsp3) is 0.577. The molecule has 1 aromatic carbocycles. The maximum Gasteiger partial charge on any atom is 0.416 e. The van der Waals surface area contributed by atoms with E-state index in [1.54, 1.807) is 0 Å². The summed E-state index contributed by atoms with van der Waals surface area (Å²) >= 11 is 0. The Balaban J connectivity index is 1.46. The van der Waals surface area contributed by atoms with E-state index >= 15 is 0 Å². The zero-order valence-electron chi connectivity index (χ0n) is 21.5. The molecule has 5 atom stereocenters. The average molecular weight is 552 g/mol. The summed E-state index contributed by atoms with van der Waals surface area (Å²) in [6.07, 6.45) is -1.57. The third-order valence-electron chi connectivity index (χ3n) is 7.90. The molecular weight excluding hydrogens is 519 g/mol. The minimum atomic E-state index is -4.47. The topological polar surface area (TPSA) is 137 Å². The number of nitrogens with one attached hydrogen (secondary N) is 4. The lowest BCUT2D eigenvalue weighted by Gasteiger charge is -2.29. The fourth-order valence-electron chi connectivity index (χ4n) is 5.88. The standard InChI is InChI=1S/C26H32F3N5O5/c1-30-25(39)22(36)19(11-14-9-10-31-23(14)37)33-24(38)21-18-4-2-3-15(18)13-34(21)20(35)12-32-17-7-5-16(6-8-17)26(27,28)29/h5-8,14-15,18-19,21,32H,2-4,9-13H2,1H3,(H,30,39)(H,31,37)(H,33,38)/t14-,15-,18-,19-,21-/m0/s1. The van der Waals surface area contributed by atoms with Gasteiger partial charge in [-0.15, -0.1) is 0 Å². The molecule has 1 aliphatic carbocycles. The fourth-order valence-corrected chi connectivity index (χ4v) is 5.88. The number of rotatable bonds is 9. The van der Waals surface area contributed by atoms with Crippen LogP contribution in [0.5, 0.6) is 0 Å². The van der Waals surface area contributed by atoms with E-state index in [-0.39, 0.29) is 30.7 Å². The van der Waals surface area contributed by atoms with Crippen LogP contribution in [0.3, 0.4) is 0 Å². The molecule has 4 amide bonds. The summed E-state index contributed by atoms with van der Waals surface area (Å²) in [7, 11) is 1.30. The van der Waals surface area contributed by atoms with Gasteiger partial charge in [0.2, 0.25) is 23.5 Å². The van der Waals surface area contributed by atoms with Gasteiger partial charge in [-0.2, -0.15) is 13.2 Å². The molecule has 0 bridgehead atoms. The Morgan fingerprint density at radius 1 is 1.10 bits per heavy atom. The molecule has 39 heavy (non-hydrogen) atoms. The molecule has 0 aromatic heterocycles. The second kappa shape index (κ2) is 11.6. The smallest absolute Gasteiger partial charge is 0.376 e. The maximum absolute atomic E-state index is 13.6. The second-order valence-electron chi connectivity index (χ2n) is 10.3.